The number of H-pyrrole nitrogens is 1. The monoisotopic (exact) mass is 262 g/mol. The minimum absolute atomic E-state index is 0.257. The van der Waals surface area contributed by atoms with Crippen LogP contribution < -0.4 is 0 Å². The first-order valence-electron chi connectivity index (χ1n) is 5.86. The first-order valence-corrected chi connectivity index (χ1v) is 6.26. The molecule has 0 saturated carbocycles. The highest BCUT2D eigenvalue weighted by Crippen LogP contribution is 2.22. The fourth-order valence-electron chi connectivity index (χ4n) is 2.02. The van der Waals surface area contributed by atoms with E-state index in [0.29, 0.717) is 16.4 Å². The number of aromatic nitrogens is 2. The van der Waals surface area contributed by atoms with Gasteiger partial charge in [-0.2, -0.15) is 0 Å². The second-order valence-electron chi connectivity index (χ2n) is 4.59. The van der Waals surface area contributed by atoms with E-state index in [1.165, 1.54) is 12.1 Å². The van der Waals surface area contributed by atoms with Gasteiger partial charge in [-0.15, -0.1) is 0 Å². The van der Waals surface area contributed by atoms with Crippen LogP contribution in [-0.2, 0) is 0 Å². The molecule has 1 aromatic heterocycles. The number of hydrogen-bond donors (Lipinski definition) is 1. The average Bonchev–Trinajstić information content (AvgIpc) is 2.28. The molecule has 0 amide bonds. The van der Waals surface area contributed by atoms with Gasteiger partial charge in [-0.1, -0.05) is 26.1 Å². The van der Waals surface area contributed by atoms with Crippen LogP contribution in [0.25, 0.3) is 11.4 Å². The first-order chi connectivity index (χ1) is 8.49. The normalized spacial score (nSPS) is 10.9. The van der Waals surface area contributed by atoms with Gasteiger partial charge >= 0.3 is 0 Å². The Labute approximate surface area is 111 Å². The molecule has 0 aliphatic carbocycles. The summed E-state index contributed by atoms with van der Waals surface area (Å²) in [6, 6.07) is 6.22. The molecule has 0 atom stereocenters. The van der Waals surface area contributed by atoms with Crippen molar-refractivity contribution < 1.29 is 4.39 Å². The van der Waals surface area contributed by atoms with Gasteiger partial charge in [0.05, 0.1) is 0 Å². The van der Waals surface area contributed by atoms with Gasteiger partial charge in [0.2, 0.25) is 0 Å². The molecule has 2 nitrogen and oxygen atoms in total. The Hall–Kier alpha value is -1.55. The van der Waals surface area contributed by atoms with Gasteiger partial charge in [0, 0.05) is 16.8 Å². The smallest absolute Gasteiger partial charge is 0.139 e. The Balaban J connectivity index is 2.55. The molecular weight excluding hydrogens is 247 g/mol. The third-order valence-electron chi connectivity index (χ3n) is 2.85. The van der Waals surface area contributed by atoms with Crippen LogP contribution in [-0.4, -0.2) is 9.97 Å². The molecule has 0 unspecified atom stereocenters. The van der Waals surface area contributed by atoms with Gasteiger partial charge in [-0.05, 0) is 37.1 Å². The van der Waals surface area contributed by atoms with Crippen molar-refractivity contribution in [3.05, 3.63) is 46.0 Å². The van der Waals surface area contributed by atoms with Crippen LogP contribution in [0, 0.1) is 17.4 Å². The van der Waals surface area contributed by atoms with E-state index >= 15 is 0 Å². The SMILES string of the molecule is Cc1[nH]c(-c2ccc(F)cc2)nc(=S)c1C(C)C. The van der Waals surface area contributed by atoms with Crippen LogP contribution >= 0.6 is 12.2 Å². The third kappa shape index (κ3) is 2.48. The fraction of sp³-hybridized carbons (Fsp3) is 0.286. The Bertz CT molecular complexity index is 615. The maximum Gasteiger partial charge on any atom is 0.139 e. The molecule has 0 spiro atoms. The van der Waals surface area contributed by atoms with E-state index in [2.05, 4.69) is 23.8 Å². The molecule has 1 heterocycles. The first kappa shape index (κ1) is 12.9. The maximum atomic E-state index is 12.9. The Morgan fingerprint density at radius 2 is 1.83 bits per heavy atom. The van der Waals surface area contributed by atoms with Crippen LogP contribution in [0.2, 0.25) is 0 Å². The van der Waals surface area contributed by atoms with Gasteiger partial charge in [-0.3, -0.25) is 0 Å². The molecule has 18 heavy (non-hydrogen) atoms. The summed E-state index contributed by atoms with van der Waals surface area (Å²) in [6.07, 6.45) is 0. The van der Waals surface area contributed by atoms with E-state index < -0.39 is 0 Å². The number of hydrogen-bond acceptors (Lipinski definition) is 2. The fourth-order valence-corrected chi connectivity index (χ4v) is 2.50. The van der Waals surface area contributed by atoms with Crippen LogP contribution in [0.4, 0.5) is 4.39 Å². The lowest BCUT2D eigenvalue weighted by molar-refractivity contribution is 0.628. The van der Waals surface area contributed by atoms with Crippen LogP contribution in [0.5, 0.6) is 0 Å². The van der Waals surface area contributed by atoms with E-state index in [-0.39, 0.29) is 5.82 Å². The van der Waals surface area contributed by atoms with Crippen molar-refractivity contribution >= 4 is 12.2 Å². The van der Waals surface area contributed by atoms with E-state index in [9.17, 15) is 4.39 Å². The molecule has 0 bridgehead atoms. The lowest BCUT2D eigenvalue weighted by Crippen LogP contribution is -2.01. The number of halogens is 1. The van der Waals surface area contributed by atoms with Gasteiger partial charge in [0.1, 0.15) is 16.3 Å². The average molecular weight is 262 g/mol. The summed E-state index contributed by atoms with van der Waals surface area (Å²) in [6.45, 7) is 6.16. The molecule has 0 radical (unpaired) electrons. The molecule has 0 aliphatic rings. The summed E-state index contributed by atoms with van der Waals surface area (Å²) in [5.74, 6) is 0.762. The molecule has 1 N–H and O–H groups in total. The van der Waals surface area contributed by atoms with Gasteiger partial charge in [0.25, 0.3) is 0 Å². The predicted octanol–water partition coefficient (Wildman–Crippen LogP) is 4.38. The molecule has 2 rings (SSSR count). The molecular formula is C14H15FN2S. The number of rotatable bonds is 2. The zero-order valence-electron chi connectivity index (χ0n) is 10.6. The Morgan fingerprint density at radius 3 is 2.33 bits per heavy atom. The van der Waals surface area contributed by atoms with E-state index in [0.717, 1.165) is 16.8 Å². The van der Waals surface area contributed by atoms with Crippen LogP contribution in [0.15, 0.2) is 24.3 Å². The minimum atomic E-state index is -0.257. The molecule has 2 aromatic rings. The predicted molar refractivity (Wildman–Crippen MR) is 73.6 cm³/mol. The molecule has 1 aromatic carbocycles. The zero-order valence-corrected chi connectivity index (χ0v) is 11.4. The van der Waals surface area contributed by atoms with Gasteiger partial charge in [0.15, 0.2) is 0 Å². The van der Waals surface area contributed by atoms with Crippen molar-refractivity contribution in [3.63, 3.8) is 0 Å². The van der Waals surface area contributed by atoms with Crippen molar-refractivity contribution in [2.75, 3.05) is 0 Å². The summed E-state index contributed by atoms with van der Waals surface area (Å²) in [4.78, 5) is 7.63. The number of benzene rings is 1. The number of aromatic amines is 1. The highest BCUT2D eigenvalue weighted by Gasteiger charge is 2.10. The van der Waals surface area contributed by atoms with Crippen molar-refractivity contribution in [2.45, 2.75) is 26.7 Å². The second kappa shape index (κ2) is 4.98. The molecule has 94 valence electrons. The van der Waals surface area contributed by atoms with Crippen molar-refractivity contribution in [1.29, 1.82) is 0 Å². The zero-order chi connectivity index (χ0) is 13.3. The van der Waals surface area contributed by atoms with Crippen molar-refractivity contribution in [3.8, 4) is 11.4 Å². The molecule has 4 heteroatoms. The minimum Gasteiger partial charge on any atom is -0.343 e. The number of nitrogens with one attached hydrogen (secondary N) is 1. The third-order valence-corrected chi connectivity index (χ3v) is 3.16. The van der Waals surface area contributed by atoms with Crippen molar-refractivity contribution in [1.82, 2.24) is 9.97 Å². The summed E-state index contributed by atoms with van der Waals surface area (Å²) in [5, 5.41) is 0. The quantitative estimate of drug-likeness (QED) is 0.814. The maximum absolute atomic E-state index is 12.9. The number of nitrogens with zero attached hydrogens (tertiary/aromatic N) is 1. The van der Waals surface area contributed by atoms with Crippen LogP contribution in [0.1, 0.15) is 31.0 Å². The largest absolute Gasteiger partial charge is 0.343 e. The van der Waals surface area contributed by atoms with Gasteiger partial charge < -0.3 is 4.98 Å². The topological polar surface area (TPSA) is 28.7 Å². The lowest BCUT2D eigenvalue weighted by Gasteiger charge is -2.11. The molecule has 0 aliphatic heterocycles. The van der Waals surface area contributed by atoms with E-state index in [4.69, 9.17) is 12.2 Å². The van der Waals surface area contributed by atoms with Crippen molar-refractivity contribution in [2.24, 2.45) is 0 Å². The molecule has 0 fully saturated rings. The molecule has 0 saturated heterocycles. The summed E-state index contributed by atoms with van der Waals surface area (Å²) < 4.78 is 13.5. The van der Waals surface area contributed by atoms with Gasteiger partial charge in [-0.25, -0.2) is 9.37 Å². The lowest BCUT2D eigenvalue weighted by atomic mass is 10.0. The highest BCUT2D eigenvalue weighted by molar-refractivity contribution is 7.71. The van der Waals surface area contributed by atoms with E-state index in [1.807, 2.05) is 6.92 Å². The second-order valence-corrected chi connectivity index (χ2v) is 4.98. The van der Waals surface area contributed by atoms with E-state index in [1.54, 1.807) is 12.1 Å². The highest BCUT2D eigenvalue weighted by atomic mass is 32.1. The summed E-state index contributed by atoms with van der Waals surface area (Å²) >= 11 is 5.32. The van der Waals surface area contributed by atoms with Crippen LogP contribution in [0.3, 0.4) is 0 Å². The summed E-state index contributed by atoms with van der Waals surface area (Å²) in [5.41, 5.74) is 2.92. The Kier molecular flexibility index (Phi) is 3.57. The Morgan fingerprint density at radius 1 is 1.22 bits per heavy atom. The standard InChI is InChI=1S/C14H15FN2S/c1-8(2)12-9(3)16-13(17-14(12)18)10-4-6-11(15)7-5-10/h4-8H,1-3H3,(H,16,17,18). The summed E-state index contributed by atoms with van der Waals surface area (Å²) in [7, 11) is 0. The number of aryl methyl sites for hydroxylation is 1.